The third-order valence-corrected chi connectivity index (χ3v) is 8.25. The van der Waals surface area contributed by atoms with Crippen LogP contribution >= 0.6 is 11.6 Å². The summed E-state index contributed by atoms with van der Waals surface area (Å²) in [6.07, 6.45) is 3.11. The second-order valence-corrected chi connectivity index (χ2v) is 10.8. The number of carbonyl (C=O) groups excluding carboxylic acids is 1. The Hall–Kier alpha value is -1.31. The number of hydrogen-bond acceptors (Lipinski definition) is 4. The topological polar surface area (TPSA) is 69.7 Å². The number of benzene rings is 1. The lowest BCUT2D eigenvalue weighted by atomic mass is 9.98. The minimum atomic E-state index is -3.24. The van der Waals surface area contributed by atoms with E-state index in [9.17, 15) is 13.2 Å². The van der Waals surface area contributed by atoms with E-state index in [-0.39, 0.29) is 17.6 Å². The smallest absolute Gasteiger partial charge is 0.224 e. The molecule has 0 saturated carbocycles. The SMILES string of the molecule is CCCS(=O)(=O)N1CCCC(C(=O)NCC2CCN(c3cc(Cl)ccc3C)C2)C1. The molecule has 0 aliphatic carbocycles. The largest absolute Gasteiger partial charge is 0.371 e. The van der Waals surface area contributed by atoms with Gasteiger partial charge in [-0.1, -0.05) is 24.6 Å². The second-order valence-electron chi connectivity index (χ2n) is 8.29. The summed E-state index contributed by atoms with van der Waals surface area (Å²) in [5.41, 5.74) is 2.37. The third-order valence-electron chi connectivity index (χ3n) is 5.97. The van der Waals surface area contributed by atoms with Gasteiger partial charge in [0.1, 0.15) is 0 Å². The average molecular weight is 442 g/mol. The predicted octanol–water partition coefficient (Wildman–Crippen LogP) is 3.04. The van der Waals surface area contributed by atoms with Crippen LogP contribution in [0.3, 0.4) is 0 Å². The molecule has 8 heteroatoms. The molecule has 1 N–H and O–H groups in total. The van der Waals surface area contributed by atoms with Crippen LogP contribution in [0.25, 0.3) is 0 Å². The van der Waals surface area contributed by atoms with E-state index in [2.05, 4.69) is 17.1 Å². The van der Waals surface area contributed by atoms with Crippen LogP contribution in [-0.4, -0.2) is 57.1 Å². The van der Waals surface area contributed by atoms with Gasteiger partial charge in [0.15, 0.2) is 0 Å². The molecule has 29 heavy (non-hydrogen) atoms. The van der Waals surface area contributed by atoms with Crippen molar-refractivity contribution in [3.8, 4) is 0 Å². The molecule has 0 aromatic heterocycles. The fourth-order valence-corrected chi connectivity index (χ4v) is 6.08. The van der Waals surface area contributed by atoms with Gasteiger partial charge in [-0.2, -0.15) is 0 Å². The Kier molecular flexibility index (Phi) is 7.46. The summed E-state index contributed by atoms with van der Waals surface area (Å²) in [7, 11) is -3.24. The number of carbonyl (C=O) groups is 1. The number of anilines is 1. The number of nitrogens with one attached hydrogen (secondary N) is 1. The zero-order valence-corrected chi connectivity index (χ0v) is 18.9. The van der Waals surface area contributed by atoms with Gasteiger partial charge >= 0.3 is 0 Å². The van der Waals surface area contributed by atoms with Crippen molar-refractivity contribution in [2.24, 2.45) is 11.8 Å². The fraction of sp³-hybridized carbons (Fsp3) is 0.667. The van der Waals surface area contributed by atoms with Gasteiger partial charge in [-0.3, -0.25) is 4.79 Å². The quantitative estimate of drug-likeness (QED) is 0.706. The molecule has 1 amide bonds. The molecule has 3 rings (SSSR count). The van der Waals surface area contributed by atoms with Crippen LogP contribution in [0.15, 0.2) is 18.2 Å². The maximum Gasteiger partial charge on any atom is 0.224 e. The lowest BCUT2D eigenvalue weighted by Crippen LogP contribution is -2.46. The fourth-order valence-electron chi connectivity index (χ4n) is 4.33. The number of hydrogen-bond donors (Lipinski definition) is 1. The van der Waals surface area contributed by atoms with Gasteiger partial charge in [0.2, 0.25) is 15.9 Å². The van der Waals surface area contributed by atoms with E-state index in [1.54, 1.807) is 0 Å². The number of rotatable bonds is 7. The first kappa shape index (κ1) is 22.4. The first-order valence-electron chi connectivity index (χ1n) is 10.6. The first-order valence-corrected chi connectivity index (χ1v) is 12.6. The summed E-state index contributed by atoms with van der Waals surface area (Å²) in [6.45, 7) is 7.27. The molecular weight excluding hydrogens is 410 g/mol. The van der Waals surface area contributed by atoms with Crippen molar-refractivity contribution in [1.82, 2.24) is 9.62 Å². The molecule has 162 valence electrons. The Morgan fingerprint density at radius 3 is 2.79 bits per heavy atom. The molecule has 1 aromatic rings. The molecule has 2 fully saturated rings. The van der Waals surface area contributed by atoms with Crippen molar-refractivity contribution in [3.63, 3.8) is 0 Å². The molecule has 2 aliphatic heterocycles. The van der Waals surface area contributed by atoms with Crippen LogP contribution in [0.5, 0.6) is 0 Å². The van der Waals surface area contributed by atoms with E-state index in [0.29, 0.717) is 32.0 Å². The van der Waals surface area contributed by atoms with E-state index in [1.165, 1.54) is 9.87 Å². The van der Waals surface area contributed by atoms with Crippen LogP contribution in [0, 0.1) is 18.8 Å². The molecule has 6 nitrogen and oxygen atoms in total. The summed E-state index contributed by atoms with van der Waals surface area (Å²) in [5.74, 6) is 0.282. The molecule has 0 spiro atoms. The average Bonchev–Trinajstić information content (AvgIpc) is 3.17. The highest BCUT2D eigenvalue weighted by molar-refractivity contribution is 7.89. The summed E-state index contributed by atoms with van der Waals surface area (Å²) in [4.78, 5) is 15.0. The zero-order chi connectivity index (χ0) is 21.0. The Balaban J connectivity index is 1.50. The van der Waals surface area contributed by atoms with Crippen molar-refractivity contribution in [2.45, 2.75) is 39.5 Å². The molecule has 2 atom stereocenters. The lowest BCUT2D eigenvalue weighted by molar-refractivity contribution is -0.126. The minimum absolute atomic E-state index is 0.0150. The highest BCUT2D eigenvalue weighted by Gasteiger charge is 2.32. The van der Waals surface area contributed by atoms with Gasteiger partial charge in [-0.15, -0.1) is 0 Å². The van der Waals surface area contributed by atoms with Gasteiger partial charge < -0.3 is 10.2 Å². The standard InChI is InChI=1S/C21H32ClN3O3S/c1-3-11-29(27,28)25-9-4-5-18(15-25)21(26)23-13-17-8-10-24(14-17)20-12-19(22)7-6-16(20)2/h6-7,12,17-18H,3-5,8-11,13-15H2,1-2H3,(H,23,26). The van der Waals surface area contributed by atoms with E-state index in [0.717, 1.165) is 43.1 Å². The Morgan fingerprint density at radius 2 is 2.03 bits per heavy atom. The molecule has 2 heterocycles. The predicted molar refractivity (Wildman–Crippen MR) is 118 cm³/mol. The molecule has 2 saturated heterocycles. The normalized spacial score (nSPS) is 23.3. The second kappa shape index (κ2) is 9.67. The monoisotopic (exact) mass is 441 g/mol. The molecular formula is C21H32ClN3O3S. The number of halogens is 1. The van der Waals surface area contributed by atoms with Gasteiger partial charge in [-0.25, -0.2) is 12.7 Å². The maximum atomic E-state index is 12.7. The molecule has 0 bridgehead atoms. The summed E-state index contributed by atoms with van der Waals surface area (Å²) < 4.78 is 26.1. The number of piperidine rings is 1. The molecule has 2 unspecified atom stereocenters. The summed E-state index contributed by atoms with van der Waals surface area (Å²) in [5, 5.41) is 3.82. The summed E-state index contributed by atoms with van der Waals surface area (Å²) in [6, 6.07) is 5.95. The van der Waals surface area contributed by atoms with Crippen molar-refractivity contribution >= 4 is 33.2 Å². The van der Waals surface area contributed by atoms with Gasteiger partial charge in [-0.05, 0) is 56.2 Å². The molecule has 2 aliphatic rings. The first-order chi connectivity index (χ1) is 13.8. The highest BCUT2D eigenvalue weighted by atomic mass is 35.5. The van der Waals surface area contributed by atoms with Gasteiger partial charge in [0, 0.05) is 43.4 Å². The Bertz CT molecular complexity index is 830. The highest BCUT2D eigenvalue weighted by Crippen LogP contribution is 2.29. The third kappa shape index (κ3) is 5.64. The van der Waals surface area contributed by atoms with Crippen molar-refractivity contribution < 1.29 is 13.2 Å². The zero-order valence-electron chi connectivity index (χ0n) is 17.4. The number of aryl methyl sites for hydroxylation is 1. The van der Waals surface area contributed by atoms with E-state index in [1.807, 2.05) is 25.1 Å². The van der Waals surface area contributed by atoms with Gasteiger partial charge in [0.25, 0.3) is 0 Å². The van der Waals surface area contributed by atoms with Gasteiger partial charge in [0.05, 0.1) is 11.7 Å². The maximum absolute atomic E-state index is 12.7. The minimum Gasteiger partial charge on any atom is -0.371 e. The van der Waals surface area contributed by atoms with E-state index < -0.39 is 10.0 Å². The number of nitrogens with zero attached hydrogens (tertiary/aromatic N) is 2. The van der Waals surface area contributed by atoms with E-state index >= 15 is 0 Å². The van der Waals surface area contributed by atoms with Crippen LogP contribution in [0.4, 0.5) is 5.69 Å². The Morgan fingerprint density at radius 1 is 1.24 bits per heavy atom. The van der Waals surface area contributed by atoms with E-state index in [4.69, 9.17) is 11.6 Å². The molecule has 1 aromatic carbocycles. The number of sulfonamides is 1. The Labute approximate surface area is 179 Å². The molecule has 0 radical (unpaired) electrons. The van der Waals surface area contributed by atoms with Crippen LogP contribution in [-0.2, 0) is 14.8 Å². The van der Waals surface area contributed by atoms with Crippen molar-refractivity contribution in [2.75, 3.05) is 43.4 Å². The summed E-state index contributed by atoms with van der Waals surface area (Å²) >= 11 is 6.15. The number of amides is 1. The van der Waals surface area contributed by atoms with Crippen LogP contribution < -0.4 is 10.2 Å². The van der Waals surface area contributed by atoms with Crippen LogP contribution in [0.1, 0.15) is 38.2 Å². The van der Waals surface area contributed by atoms with Crippen LogP contribution in [0.2, 0.25) is 5.02 Å². The lowest BCUT2D eigenvalue weighted by Gasteiger charge is -2.31. The van der Waals surface area contributed by atoms with Crippen molar-refractivity contribution in [3.05, 3.63) is 28.8 Å². The van der Waals surface area contributed by atoms with Crippen molar-refractivity contribution in [1.29, 1.82) is 0 Å².